The molecule has 12 nitrogen and oxygen atoms in total. The molecule has 6 N–H and O–H groups in total. The van der Waals surface area contributed by atoms with E-state index >= 15 is 0 Å². The minimum absolute atomic E-state index is 0.165. The van der Waals surface area contributed by atoms with Gasteiger partial charge >= 0.3 is 0 Å². The van der Waals surface area contributed by atoms with E-state index < -0.39 is 6.17 Å². The van der Waals surface area contributed by atoms with Crippen LogP contribution >= 0.6 is 0 Å². The van der Waals surface area contributed by atoms with E-state index in [1.54, 1.807) is 49.6 Å². The molecule has 0 spiro atoms. The monoisotopic (exact) mass is 667 g/mol. The van der Waals surface area contributed by atoms with E-state index in [9.17, 15) is 25.2 Å². The van der Waals surface area contributed by atoms with Gasteiger partial charge in [-0.3, -0.25) is 4.79 Å². The van der Waals surface area contributed by atoms with E-state index in [1.165, 1.54) is 0 Å². The summed E-state index contributed by atoms with van der Waals surface area (Å²) in [4.78, 5) is 12.7. The molecule has 0 saturated carbocycles. The van der Waals surface area contributed by atoms with Gasteiger partial charge in [0, 0.05) is 28.4 Å². The van der Waals surface area contributed by atoms with Crippen molar-refractivity contribution in [3.05, 3.63) is 112 Å². The molecule has 0 saturated heterocycles. The molecule has 1 aromatic heterocycles. The maximum absolute atomic E-state index is 12.7. The number of rotatable bonds is 13. The molecule has 6 rings (SSSR count). The van der Waals surface area contributed by atoms with E-state index in [0.29, 0.717) is 67.6 Å². The summed E-state index contributed by atoms with van der Waals surface area (Å²) in [6.45, 7) is 1.09. The molecule has 1 aliphatic heterocycles. The van der Waals surface area contributed by atoms with Crippen LogP contribution in [-0.4, -0.2) is 51.8 Å². The first-order chi connectivity index (χ1) is 23.8. The SMILES string of the molecule is COc1ccc(-c2cc(-c3cc(CO)c(CO)c(CO)c3)on2)cc1OCCOc1ccc(C2NC(=O)c3cc(C)ccc3N2)cc1CO. The minimum atomic E-state index is -0.464. The second-order valence-electron chi connectivity index (χ2n) is 11.5. The smallest absolute Gasteiger partial charge is 0.255 e. The number of methoxy groups -OCH3 is 1. The third kappa shape index (κ3) is 7.08. The largest absolute Gasteiger partial charge is 0.493 e. The van der Waals surface area contributed by atoms with Crippen LogP contribution in [0, 0.1) is 6.92 Å². The number of nitrogens with one attached hydrogen (secondary N) is 2. The highest BCUT2D eigenvalue weighted by molar-refractivity contribution is 6.01. The molecule has 254 valence electrons. The zero-order chi connectivity index (χ0) is 34.5. The topological polar surface area (TPSA) is 176 Å². The summed E-state index contributed by atoms with van der Waals surface area (Å²) >= 11 is 0. The summed E-state index contributed by atoms with van der Waals surface area (Å²) < 4.78 is 23.1. The number of aliphatic hydroxyl groups excluding tert-OH is 4. The molecule has 2 heterocycles. The Hall–Kier alpha value is -5.40. The standard InChI is InChI=1S/C37H37N3O9/c1-21-3-6-30-28(11-21)37(45)39-36(38-30)23-5-7-32(27(12-23)19-43)47-9-10-48-35-15-22(4-8-33(35)46-2)31-16-34(49-40-31)24-13-25(17-41)29(20-44)26(14-24)18-42/h3-8,11-16,36,38,41-44H,9-10,17-20H2,1-2H3,(H,39,45). The van der Waals surface area contributed by atoms with Gasteiger partial charge in [-0.1, -0.05) is 22.9 Å². The lowest BCUT2D eigenvalue weighted by Gasteiger charge is -2.29. The number of hydrogen-bond donors (Lipinski definition) is 6. The van der Waals surface area contributed by atoms with E-state index in [2.05, 4.69) is 15.8 Å². The second kappa shape index (κ2) is 14.8. The molecule has 1 aliphatic rings. The summed E-state index contributed by atoms with van der Waals surface area (Å²) in [5.74, 6) is 1.70. The Kier molecular flexibility index (Phi) is 10.1. The zero-order valence-electron chi connectivity index (χ0n) is 27.0. The molecular weight excluding hydrogens is 630 g/mol. The van der Waals surface area contributed by atoms with Crippen molar-refractivity contribution in [2.24, 2.45) is 0 Å². The normalized spacial score (nSPS) is 13.8. The number of ether oxygens (including phenoxy) is 3. The van der Waals surface area contributed by atoms with Gasteiger partial charge in [0.1, 0.15) is 30.8 Å². The molecule has 1 atom stereocenters. The van der Waals surface area contributed by atoms with Crippen molar-refractivity contribution in [1.29, 1.82) is 0 Å². The first-order valence-corrected chi connectivity index (χ1v) is 15.7. The van der Waals surface area contributed by atoms with Gasteiger partial charge in [-0.15, -0.1) is 0 Å². The molecular formula is C37H37N3O9. The highest BCUT2D eigenvalue weighted by Gasteiger charge is 2.25. The van der Waals surface area contributed by atoms with E-state index in [4.69, 9.17) is 18.7 Å². The Morgan fingerprint density at radius 1 is 0.735 bits per heavy atom. The number of benzene rings is 4. The van der Waals surface area contributed by atoms with Crippen molar-refractivity contribution >= 4 is 11.6 Å². The molecule has 0 aliphatic carbocycles. The van der Waals surface area contributed by atoms with E-state index in [1.807, 2.05) is 37.3 Å². The number of aryl methyl sites for hydroxylation is 1. The molecule has 0 bridgehead atoms. The summed E-state index contributed by atoms with van der Waals surface area (Å²) in [5.41, 5.74) is 6.94. The summed E-state index contributed by atoms with van der Waals surface area (Å²) in [5, 5.41) is 49.9. The fraction of sp³-hybridized carbons (Fsp3) is 0.243. The van der Waals surface area contributed by atoms with Crippen LogP contribution in [-0.2, 0) is 26.4 Å². The number of carbonyl (C=O) groups excluding carboxylic acids is 1. The van der Waals surface area contributed by atoms with Gasteiger partial charge in [0.2, 0.25) is 0 Å². The predicted molar refractivity (Wildman–Crippen MR) is 180 cm³/mol. The molecule has 0 fully saturated rings. The fourth-order valence-electron chi connectivity index (χ4n) is 5.81. The highest BCUT2D eigenvalue weighted by Crippen LogP contribution is 2.35. The molecule has 4 aromatic carbocycles. The Morgan fingerprint density at radius 3 is 2.14 bits per heavy atom. The number of aliphatic hydroxyl groups is 4. The van der Waals surface area contributed by atoms with Gasteiger partial charge in [0.15, 0.2) is 17.3 Å². The summed E-state index contributed by atoms with van der Waals surface area (Å²) in [6, 6.07) is 21.5. The summed E-state index contributed by atoms with van der Waals surface area (Å²) in [7, 11) is 1.54. The third-order valence-electron chi connectivity index (χ3n) is 8.37. The van der Waals surface area contributed by atoms with Crippen molar-refractivity contribution in [3.63, 3.8) is 0 Å². The van der Waals surface area contributed by atoms with Gasteiger partial charge in [-0.05, 0) is 83.8 Å². The molecule has 1 amide bonds. The molecule has 49 heavy (non-hydrogen) atoms. The Labute approximate surface area is 282 Å². The Bertz CT molecular complexity index is 1950. The fourth-order valence-corrected chi connectivity index (χ4v) is 5.81. The number of amides is 1. The van der Waals surface area contributed by atoms with Crippen molar-refractivity contribution in [2.45, 2.75) is 39.5 Å². The number of carbonyl (C=O) groups is 1. The lowest BCUT2D eigenvalue weighted by molar-refractivity contribution is 0.0935. The van der Waals surface area contributed by atoms with Crippen LogP contribution in [0.4, 0.5) is 5.69 Å². The molecule has 1 unspecified atom stereocenters. The van der Waals surface area contributed by atoms with Crippen LogP contribution in [0.5, 0.6) is 17.2 Å². The lowest BCUT2D eigenvalue weighted by Crippen LogP contribution is -2.38. The van der Waals surface area contributed by atoms with Crippen molar-refractivity contribution in [1.82, 2.24) is 10.5 Å². The molecule has 12 heteroatoms. The number of anilines is 1. The second-order valence-corrected chi connectivity index (χ2v) is 11.5. The highest BCUT2D eigenvalue weighted by atomic mass is 16.5. The third-order valence-corrected chi connectivity index (χ3v) is 8.37. The van der Waals surface area contributed by atoms with Crippen molar-refractivity contribution in [3.8, 4) is 39.8 Å². The van der Waals surface area contributed by atoms with Crippen LogP contribution in [0.1, 0.15) is 49.9 Å². The number of fused-ring (bicyclic) bond motifs is 1. The van der Waals surface area contributed by atoms with Crippen LogP contribution in [0.15, 0.2) is 77.3 Å². The van der Waals surface area contributed by atoms with E-state index in [-0.39, 0.29) is 45.5 Å². The van der Waals surface area contributed by atoms with Crippen molar-refractivity contribution < 1.29 is 44.0 Å². The molecule has 5 aromatic rings. The van der Waals surface area contributed by atoms with Crippen LogP contribution in [0.3, 0.4) is 0 Å². The number of aromatic nitrogens is 1. The van der Waals surface area contributed by atoms with Gasteiger partial charge in [-0.25, -0.2) is 0 Å². The average Bonchev–Trinajstić information content (AvgIpc) is 3.63. The van der Waals surface area contributed by atoms with Gasteiger partial charge in [0.05, 0.1) is 39.1 Å². The molecule has 0 radical (unpaired) electrons. The number of nitrogens with zero attached hydrogens (tertiary/aromatic N) is 1. The maximum Gasteiger partial charge on any atom is 0.255 e. The van der Waals surface area contributed by atoms with Gasteiger partial charge in [0.25, 0.3) is 5.91 Å². The zero-order valence-corrected chi connectivity index (χ0v) is 27.0. The first-order valence-electron chi connectivity index (χ1n) is 15.7. The van der Waals surface area contributed by atoms with E-state index in [0.717, 1.165) is 16.8 Å². The maximum atomic E-state index is 12.7. The minimum Gasteiger partial charge on any atom is -0.493 e. The van der Waals surface area contributed by atoms with Crippen molar-refractivity contribution in [2.75, 3.05) is 25.6 Å². The van der Waals surface area contributed by atoms with Crippen LogP contribution < -0.4 is 24.8 Å². The average molecular weight is 668 g/mol. The first kappa shape index (κ1) is 33.5. The van der Waals surface area contributed by atoms with Gasteiger partial charge < -0.3 is 49.8 Å². The summed E-state index contributed by atoms with van der Waals surface area (Å²) in [6.07, 6.45) is -0.464. The van der Waals surface area contributed by atoms with Crippen LogP contribution in [0.2, 0.25) is 0 Å². The predicted octanol–water partition coefficient (Wildman–Crippen LogP) is 4.61. The quantitative estimate of drug-likeness (QED) is 0.0968. The Morgan fingerprint density at radius 2 is 1.45 bits per heavy atom. The lowest BCUT2D eigenvalue weighted by atomic mass is 9.97. The van der Waals surface area contributed by atoms with Crippen LogP contribution in [0.25, 0.3) is 22.6 Å². The number of hydrogen-bond acceptors (Lipinski definition) is 11. The Balaban J connectivity index is 1.12. The van der Waals surface area contributed by atoms with Gasteiger partial charge in [-0.2, -0.15) is 0 Å².